The molecule has 0 aliphatic heterocycles. The van der Waals surface area contributed by atoms with Crippen LogP contribution in [0.25, 0.3) is 12.2 Å². The molecular weight excluding hydrogens is 349 g/mol. The third kappa shape index (κ3) is 3.26. The molecule has 2 unspecified atom stereocenters. The summed E-state index contributed by atoms with van der Waals surface area (Å²) in [5.41, 5.74) is 5.87. The third-order valence-electron chi connectivity index (χ3n) is 5.10. The number of halogens is 1. The minimum atomic E-state index is -0.818. The molecule has 3 heteroatoms. The van der Waals surface area contributed by atoms with Crippen LogP contribution in [0.4, 0.5) is 0 Å². The van der Waals surface area contributed by atoms with Crippen molar-refractivity contribution in [3.8, 4) is 0 Å². The van der Waals surface area contributed by atoms with Crippen molar-refractivity contribution in [2.75, 3.05) is 0 Å². The zero-order chi connectivity index (χ0) is 15.6. The Kier molecular flexibility index (Phi) is 4.84. The van der Waals surface area contributed by atoms with Crippen molar-refractivity contribution in [2.45, 2.75) is 23.9 Å². The van der Waals surface area contributed by atoms with Gasteiger partial charge in [-0.3, -0.25) is 0 Å². The molecule has 2 aromatic carbocycles. The van der Waals surface area contributed by atoms with Gasteiger partial charge in [0.05, 0.1) is 0 Å². The fraction of sp³-hybridized carbons (Fsp3) is 0.200. The average molecular weight is 368 g/mol. The van der Waals surface area contributed by atoms with Crippen LogP contribution in [0.5, 0.6) is 0 Å². The van der Waals surface area contributed by atoms with E-state index in [0.29, 0.717) is 11.8 Å². The van der Waals surface area contributed by atoms with Crippen molar-refractivity contribution in [1.29, 1.82) is 0 Å². The SMILES string of the molecule is [Cl][Sc][SiH](CC1C=Cc2ccccc21)CC1C=Cc2ccccc21. The Hall–Kier alpha value is -0.703. The fourth-order valence-electron chi connectivity index (χ4n) is 3.91. The molecule has 0 aromatic heterocycles. The van der Waals surface area contributed by atoms with Gasteiger partial charge < -0.3 is 0 Å². The summed E-state index contributed by atoms with van der Waals surface area (Å²) < 4.78 is 0. The van der Waals surface area contributed by atoms with Crippen LogP contribution >= 0.6 is 8.58 Å². The van der Waals surface area contributed by atoms with E-state index in [9.17, 15) is 0 Å². The van der Waals surface area contributed by atoms with Crippen LogP contribution in [-0.4, -0.2) is 5.98 Å². The Labute approximate surface area is 153 Å². The van der Waals surface area contributed by atoms with E-state index in [0.717, 1.165) is 0 Å². The van der Waals surface area contributed by atoms with E-state index in [1.807, 2.05) is 0 Å². The third-order valence-corrected chi connectivity index (χ3v) is 16.3. The van der Waals surface area contributed by atoms with Crippen molar-refractivity contribution in [1.82, 2.24) is 0 Å². The second-order valence-electron chi connectivity index (χ2n) is 6.55. The van der Waals surface area contributed by atoms with E-state index < -0.39 is 26.9 Å². The van der Waals surface area contributed by atoms with Crippen LogP contribution in [-0.2, 0) is 20.9 Å². The monoisotopic (exact) mass is 367 g/mol. The Morgan fingerprint density at radius 3 is 1.74 bits per heavy atom. The average Bonchev–Trinajstić information content (AvgIpc) is 3.19. The number of hydrogen-bond donors (Lipinski definition) is 0. The quantitative estimate of drug-likeness (QED) is 0.606. The number of rotatable bonds is 5. The van der Waals surface area contributed by atoms with E-state index in [-0.39, 0.29) is 0 Å². The first kappa shape index (κ1) is 15.8. The molecule has 2 atom stereocenters. The van der Waals surface area contributed by atoms with Gasteiger partial charge in [0.2, 0.25) is 0 Å². The van der Waals surface area contributed by atoms with Gasteiger partial charge in [0.25, 0.3) is 0 Å². The van der Waals surface area contributed by atoms with Crippen LogP contribution in [0.1, 0.15) is 34.1 Å². The Morgan fingerprint density at radius 1 is 0.783 bits per heavy atom. The van der Waals surface area contributed by atoms with Gasteiger partial charge in [-0.2, -0.15) is 0 Å². The number of fused-ring (bicyclic) bond motifs is 2. The molecule has 23 heavy (non-hydrogen) atoms. The van der Waals surface area contributed by atoms with E-state index in [1.165, 1.54) is 34.3 Å². The Morgan fingerprint density at radius 2 is 1.26 bits per heavy atom. The predicted molar refractivity (Wildman–Crippen MR) is 99.1 cm³/mol. The summed E-state index contributed by atoms with van der Waals surface area (Å²) >= 11 is -0.555. The van der Waals surface area contributed by atoms with E-state index in [2.05, 4.69) is 72.8 Å². The summed E-state index contributed by atoms with van der Waals surface area (Å²) in [6, 6.07) is 20.4. The zero-order valence-corrected chi connectivity index (χ0v) is 16.7. The summed E-state index contributed by atoms with van der Waals surface area (Å²) in [6.07, 6.45) is 9.42. The van der Waals surface area contributed by atoms with E-state index in [4.69, 9.17) is 8.58 Å². The molecule has 0 radical (unpaired) electrons. The number of allylic oxidation sites excluding steroid dienone is 2. The first-order valence-corrected chi connectivity index (χ1v) is 16.2. The molecular formula is C20H19ClScSi. The maximum atomic E-state index is 6.55. The summed E-state index contributed by atoms with van der Waals surface area (Å²) in [5.74, 6) is 0.431. The maximum absolute atomic E-state index is 6.55. The molecule has 0 spiro atoms. The van der Waals surface area contributed by atoms with Gasteiger partial charge in [-0.25, -0.2) is 0 Å². The normalized spacial score (nSPS) is 21.8. The Balaban J connectivity index is 1.47. The number of hydrogen-bond acceptors (Lipinski definition) is 0. The first-order valence-electron chi connectivity index (χ1n) is 8.33. The molecule has 0 bridgehead atoms. The molecule has 0 saturated carbocycles. The molecule has 0 fully saturated rings. The van der Waals surface area contributed by atoms with Gasteiger partial charge in [0.15, 0.2) is 0 Å². The summed E-state index contributed by atoms with van der Waals surface area (Å²) in [6.45, 7) is 0. The van der Waals surface area contributed by atoms with Gasteiger partial charge in [-0.1, -0.05) is 0 Å². The Bertz CT molecular complexity index is 704. The van der Waals surface area contributed by atoms with Crippen molar-refractivity contribution in [3.63, 3.8) is 0 Å². The zero-order valence-electron chi connectivity index (χ0n) is 13.0. The molecule has 0 N–H and O–H groups in total. The van der Waals surface area contributed by atoms with Crippen molar-refractivity contribution >= 4 is 26.7 Å². The van der Waals surface area contributed by atoms with E-state index in [1.54, 1.807) is 0 Å². The molecule has 2 aliphatic rings. The second-order valence-corrected chi connectivity index (χ2v) is 18.0. The molecule has 4 rings (SSSR count). The van der Waals surface area contributed by atoms with Gasteiger partial charge in [0.1, 0.15) is 0 Å². The van der Waals surface area contributed by atoms with Gasteiger partial charge >= 0.3 is 154 Å². The van der Waals surface area contributed by atoms with E-state index >= 15 is 0 Å². The van der Waals surface area contributed by atoms with Gasteiger partial charge in [-0.15, -0.1) is 0 Å². The molecule has 0 heterocycles. The molecule has 113 valence electrons. The second kappa shape index (κ2) is 7.04. The summed E-state index contributed by atoms with van der Waals surface area (Å²) in [4.78, 5) is 0. The summed E-state index contributed by atoms with van der Waals surface area (Å²) in [7, 11) is 6.55. The van der Waals surface area contributed by atoms with Gasteiger partial charge in [-0.05, 0) is 0 Å². The van der Waals surface area contributed by atoms with Crippen LogP contribution in [0, 0.1) is 0 Å². The topological polar surface area (TPSA) is 0 Å². The van der Waals surface area contributed by atoms with Gasteiger partial charge in [0, 0.05) is 0 Å². The summed E-state index contributed by atoms with van der Waals surface area (Å²) in [5, 5.41) is 0. The van der Waals surface area contributed by atoms with Crippen molar-refractivity contribution < 1.29 is 20.9 Å². The molecule has 2 aliphatic carbocycles. The van der Waals surface area contributed by atoms with Crippen molar-refractivity contribution in [3.05, 3.63) is 82.9 Å². The molecule has 2 aromatic rings. The standard InChI is InChI=1S/C20H19Si.ClH.Sc/c1-3-7-19-15(5-1)9-11-17(19)13-21-14-18-12-10-16-6-2-4-8-20(16)18;;/h1-12,17-18,21H,13-14H2;1H;/q;;+1/p-1. The fourth-order valence-corrected chi connectivity index (χ4v) is 12.7. The predicted octanol–water partition coefficient (Wildman–Crippen LogP) is 5.57. The number of benzene rings is 2. The molecule has 0 nitrogen and oxygen atoms in total. The molecule has 0 saturated heterocycles. The van der Waals surface area contributed by atoms with Crippen LogP contribution in [0.2, 0.25) is 12.1 Å². The first-order chi connectivity index (χ1) is 11.3. The van der Waals surface area contributed by atoms with Crippen LogP contribution < -0.4 is 0 Å². The minimum absolute atomic E-state index is 0.555. The van der Waals surface area contributed by atoms with Crippen LogP contribution in [0.15, 0.2) is 60.7 Å². The van der Waals surface area contributed by atoms with Crippen molar-refractivity contribution in [2.24, 2.45) is 0 Å². The van der Waals surface area contributed by atoms with Crippen LogP contribution in [0.3, 0.4) is 0 Å². The molecule has 0 amide bonds.